The molecule has 0 radical (unpaired) electrons. The van der Waals surface area contributed by atoms with E-state index in [1.807, 2.05) is 13.8 Å². The lowest BCUT2D eigenvalue weighted by Gasteiger charge is -2.70. The quantitative estimate of drug-likeness (QED) is 0.0639. The Bertz CT molecular complexity index is 1960. The zero-order valence-electron chi connectivity index (χ0n) is 45.4. The third kappa shape index (κ3) is 10.7. The molecule has 22 heteroatoms. The molecule has 0 aromatic heterocycles. The Kier molecular flexibility index (Phi) is 18.6. The molecule has 4 aliphatic carbocycles. The summed E-state index contributed by atoms with van der Waals surface area (Å²) >= 11 is 0. The van der Waals surface area contributed by atoms with E-state index in [1.165, 1.54) is 0 Å². The first-order chi connectivity index (χ1) is 35.6. The van der Waals surface area contributed by atoms with E-state index in [1.54, 1.807) is 0 Å². The number of hydrogen-bond donors (Lipinski definition) is 14. The van der Waals surface area contributed by atoms with Crippen LogP contribution in [0.25, 0.3) is 0 Å². The normalized spacial score (nSPS) is 52.2. The van der Waals surface area contributed by atoms with Crippen LogP contribution in [-0.4, -0.2) is 232 Å². The zero-order valence-corrected chi connectivity index (χ0v) is 45.4. The van der Waals surface area contributed by atoms with Gasteiger partial charge in [0.1, 0.15) is 97.7 Å². The fraction of sp³-hybridized carbons (Fsp3) is 0.963. The molecule has 0 unspecified atom stereocenters. The van der Waals surface area contributed by atoms with Gasteiger partial charge in [-0.25, -0.2) is 0 Å². The van der Waals surface area contributed by atoms with E-state index >= 15 is 0 Å². The molecule has 0 spiro atoms. The van der Waals surface area contributed by atoms with E-state index in [0.29, 0.717) is 25.2 Å². The van der Waals surface area contributed by atoms with Crippen LogP contribution in [0.1, 0.15) is 120 Å². The van der Waals surface area contributed by atoms with Crippen molar-refractivity contribution >= 4 is 0 Å². The van der Waals surface area contributed by atoms with Gasteiger partial charge in [0.2, 0.25) is 0 Å². The highest BCUT2D eigenvalue weighted by Crippen LogP contribution is 2.76. The number of aliphatic hydroxyl groups excluding tert-OH is 14. The van der Waals surface area contributed by atoms with Gasteiger partial charge in [-0.2, -0.15) is 0 Å². The van der Waals surface area contributed by atoms with Crippen LogP contribution in [0.3, 0.4) is 0 Å². The second kappa shape index (κ2) is 23.3. The molecule has 0 aromatic carbocycles. The van der Waals surface area contributed by atoms with Crippen molar-refractivity contribution in [3.8, 4) is 0 Å². The fourth-order valence-corrected chi connectivity index (χ4v) is 16.3. The van der Waals surface area contributed by atoms with Crippen LogP contribution in [0.2, 0.25) is 0 Å². The Hall–Kier alpha value is -1.14. The van der Waals surface area contributed by atoms with Crippen LogP contribution in [0.4, 0.5) is 0 Å². The summed E-state index contributed by atoms with van der Waals surface area (Å²) in [5.74, 6) is 0.671. The molecule has 0 aromatic rings. The van der Waals surface area contributed by atoms with Crippen molar-refractivity contribution < 1.29 is 109 Å². The van der Waals surface area contributed by atoms with Crippen molar-refractivity contribution in [3.05, 3.63) is 11.6 Å². The minimum Gasteiger partial charge on any atom is -0.394 e. The Morgan fingerprint density at radius 2 is 1.04 bits per heavy atom. The van der Waals surface area contributed by atoms with Crippen LogP contribution in [0.15, 0.2) is 11.6 Å². The maximum atomic E-state index is 11.5. The van der Waals surface area contributed by atoms with E-state index in [9.17, 15) is 71.5 Å². The average molecular weight is 1090 g/mol. The number of rotatable bonds is 16. The van der Waals surface area contributed by atoms with Crippen LogP contribution < -0.4 is 0 Å². The Morgan fingerprint density at radius 3 is 1.63 bits per heavy atom. The lowest BCUT2D eigenvalue weighted by Crippen LogP contribution is -2.67. The fourth-order valence-electron chi connectivity index (χ4n) is 16.3. The molecule has 0 amide bonds. The smallest absolute Gasteiger partial charge is 0.187 e. The summed E-state index contributed by atoms with van der Waals surface area (Å²) < 4.78 is 49.1. The van der Waals surface area contributed by atoms with Gasteiger partial charge in [-0.05, 0) is 130 Å². The number of fused-ring (bicyclic) bond motifs is 5. The van der Waals surface area contributed by atoms with Gasteiger partial charge in [-0.15, -0.1) is 0 Å². The molecule has 8 rings (SSSR count). The highest BCUT2D eigenvalue weighted by molar-refractivity contribution is 5.19. The summed E-state index contributed by atoms with van der Waals surface area (Å²) in [5, 5.41) is 149. The minimum atomic E-state index is -1.79. The van der Waals surface area contributed by atoms with Crippen LogP contribution in [-0.2, 0) is 37.9 Å². The molecule has 0 bridgehead atoms. The summed E-state index contributed by atoms with van der Waals surface area (Å²) in [5.41, 5.74) is -0.631. The molecule has 4 aliphatic heterocycles. The van der Waals surface area contributed by atoms with E-state index in [2.05, 4.69) is 47.6 Å². The number of ether oxygens (including phenoxy) is 8. The van der Waals surface area contributed by atoms with E-state index < -0.39 is 166 Å². The number of hydrogen-bond acceptors (Lipinski definition) is 22. The zero-order chi connectivity index (χ0) is 55.8. The lowest BCUT2D eigenvalue weighted by molar-refractivity contribution is -0.378. The van der Waals surface area contributed by atoms with Crippen LogP contribution in [0, 0.1) is 45.3 Å². The number of aliphatic hydroxyl groups is 14. The van der Waals surface area contributed by atoms with Gasteiger partial charge in [0.15, 0.2) is 25.2 Å². The molecule has 29 atom stereocenters. The topological polar surface area (TPSA) is 357 Å². The average Bonchev–Trinajstić information content (AvgIpc) is 3.91. The first kappa shape index (κ1) is 60.9. The first-order valence-electron chi connectivity index (χ1n) is 27.8. The monoisotopic (exact) mass is 1090 g/mol. The van der Waals surface area contributed by atoms with Crippen molar-refractivity contribution in [2.24, 2.45) is 45.3 Å². The Balaban J connectivity index is 0.992. The summed E-state index contributed by atoms with van der Waals surface area (Å²) in [7, 11) is 0. The van der Waals surface area contributed by atoms with Gasteiger partial charge in [0.05, 0.1) is 38.1 Å². The molecule has 8 aliphatic rings. The predicted molar refractivity (Wildman–Crippen MR) is 265 cm³/mol. The molecular weight excluding hydrogens is 1000 g/mol. The Morgan fingerprint density at radius 1 is 0.526 bits per heavy atom. The Labute approximate surface area is 445 Å². The van der Waals surface area contributed by atoms with Crippen molar-refractivity contribution in [2.45, 2.75) is 254 Å². The molecule has 22 nitrogen and oxygen atoms in total. The lowest BCUT2D eigenvalue weighted by atomic mass is 9.35. The van der Waals surface area contributed by atoms with Crippen molar-refractivity contribution in [3.63, 3.8) is 0 Å². The molecule has 14 N–H and O–H groups in total. The third-order valence-electron chi connectivity index (χ3n) is 20.9. The second-order valence-electron chi connectivity index (χ2n) is 25.6. The molecule has 76 heavy (non-hydrogen) atoms. The van der Waals surface area contributed by atoms with Gasteiger partial charge in [-0.1, -0.05) is 46.3 Å². The highest BCUT2D eigenvalue weighted by atomic mass is 16.8. The van der Waals surface area contributed by atoms with E-state index in [0.717, 1.165) is 50.5 Å². The van der Waals surface area contributed by atoms with E-state index in [-0.39, 0.29) is 34.0 Å². The molecule has 4 saturated carbocycles. The first-order valence-corrected chi connectivity index (χ1v) is 27.8. The highest BCUT2D eigenvalue weighted by Gasteiger charge is 2.70. The van der Waals surface area contributed by atoms with Gasteiger partial charge < -0.3 is 109 Å². The van der Waals surface area contributed by atoms with Crippen molar-refractivity contribution in [1.82, 2.24) is 0 Å². The van der Waals surface area contributed by atoms with Crippen LogP contribution >= 0.6 is 0 Å². The summed E-state index contributed by atoms with van der Waals surface area (Å²) in [4.78, 5) is 0. The summed E-state index contributed by atoms with van der Waals surface area (Å²) in [6.07, 6.45) is -21.2. The molecule has 8 fully saturated rings. The predicted octanol–water partition coefficient (Wildman–Crippen LogP) is -1.17. The van der Waals surface area contributed by atoms with Gasteiger partial charge in [0.25, 0.3) is 0 Å². The van der Waals surface area contributed by atoms with Crippen molar-refractivity contribution in [2.75, 3.05) is 26.4 Å². The van der Waals surface area contributed by atoms with Gasteiger partial charge in [0, 0.05) is 0 Å². The van der Waals surface area contributed by atoms with Crippen LogP contribution in [0.5, 0.6) is 0 Å². The van der Waals surface area contributed by atoms with Gasteiger partial charge in [-0.3, -0.25) is 0 Å². The standard InChI is InChI=1S/C54H92O22/c1-24(2)10-9-16-54(8,76-48-44(68)40(64)37(61)30(73-48)23-69-46-42(66)38(62)34(58)27(20-55)70-46)26-13-18-52(6)25(26)11-12-32-51(5)17-15-33(50(3,4)31(51)14-19-53(32,52)7)74-49-45(41(65)36(60)29(22-57)72-49)75-47-43(67)39(63)35(59)28(21-56)71-47/h10,25-49,55-68H,9,11-23H2,1-8H3/t25-,26+,27-,28-,29-,30-,31-,32-,33+,34-,35-,36-,37-,38+,39+,40+,41+,42-,43-,44-,45-,46-,47+,48+,49+,51+,52-,53-,54+/m1/s1. The molecule has 440 valence electrons. The molecule has 4 saturated heterocycles. The number of allylic oxidation sites excluding steroid dienone is 2. The third-order valence-corrected chi connectivity index (χ3v) is 20.9. The van der Waals surface area contributed by atoms with Gasteiger partial charge >= 0.3 is 0 Å². The maximum Gasteiger partial charge on any atom is 0.187 e. The maximum absolute atomic E-state index is 11.5. The second-order valence-corrected chi connectivity index (χ2v) is 25.6. The summed E-state index contributed by atoms with van der Waals surface area (Å²) in [6.45, 7) is 15.3. The van der Waals surface area contributed by atoms with E-state index in [4.69, 9.17) is 37.9 Å². The molecular formula is C54H92O22. The minimum absolute atomic E-state index is 0.000746. The largest absolute Gasteiger partial charge is 0.394 e. The molecule has 4 heterocycles. The summed E-state index contributed by atoms with van der Waals surface area (Å²) in [6, 6.07) is 0. The van der Waals surface area contributed by atoms with Crippen molar-refractivity contribution in [1.29, 1.82) is 0 Å². The SMILES string of the molecule is CC(C)=CCC[C@](C)(O[C@@H]1O[C@H](CO[C@@H]2O[C@H](CO)[C@@H](O)[C@H](O)[C@H]2O)[C@@H](O)[C@H](O)[C@H]1O)[C@H]1CC[C@]2(C)[C@@H]1CC[C@@H]1[C@@]3(C)CC[C@H](O[C@@H]4O[C@H](CO)[C@@H](O)[C@H](O)[C@H]4O[C@@H]4O[C@H](CO)[C@@H](O)[C@H](O)[C@H]4O)C(C)(C)[C@H]3CC[C@]12C.